The minimum Gasteiger partial charge on any atom is -0.355 e. The van der Waals surface area contributed by atoms with Crippen LogP contribution in [0.5, 0.6) is 0 Å². The fourth-order valence-electron chi connectivity index (χ4n) is 4.11. The van der Waals surface area contributed by atoms with Gasteiger partial charge in [-0.1, -0.05) is 18.2 Å². The molecule has 1 atom stereocenters. The van der Waals surface area contributed by atoms with Gasteiger partial charge in [0.05, 0.1) is 0 Å². The number of thiophene rings is 1. The third kappa shape index (κ3) is 3.23. The van der Waals surface area contributed by atoms with Crippen LogP contribution < -0.4 is 10.6 Å². The lowest BCUT2D eigenvalue weighted by Crippen LogP contribution is -2.51. The summed E-state index contributed by atoms with van der Waals surface area (Å²) in [6.07, 6.45) is 2.88. The number of rotatable bonds is 2. The number of amides is 1. The molecular weight excluding hydrogens is 332 g/mol. The van der Waals surface area contributed by atoms with E-state index in [4.69, 9.17) is 0 Å². The molecule has 2 aliphatic heterocycles. The number of fused-ring (bicyclic) bond motifs is 1. The predicted octanol–water partition coefficient (Wildman–Crippen LogP) is 2.58. The summed E-state index contributed by atoms with van der Waals surface area (Å²) >= 11 is 1.79. The van der Waals surface area contributed by atoms with E-state index in [-0.39, 0.29) is 11.3 Å². The van der Waals surface area contributed by atoms with Crippen molar-refractivity contribution in [2.75, 3.05) is 26.7 Å². The van der Waals surface area contributed by atoms with Crippen LogP contribution in [0.15, 0.2) is 34.6 Å². The van der Waals surface area contributed by atoms with Gasteiger partial charge in [0, 0.05) is 49.8 Å². The van der Waals surface area contributed by atoms with Crippen molar-refractivity contribution < 1.29 is 4.79 Å². The Morgan fingerprint density at radius 1 is 1.44 bits per heavy atom. The summed E-state index contributed by atoms with van der Waals surface area (Å²) in [6.45, 7) is 3.47. The first-order valence-corrected chi connectivity index (χ1v) is 9.74. The third-order valence-corrected chi connectivity index (χ3v) is 6.38. The van der Waals surface area contributed by atoms with Crippen molar-refractivity contribution in [2.45, 2.75) is 25.8 Å². The Balaban J connectivity index is 1.45. The van der Waals surface area contributed by atoms with Crippen LogP contribution in [0.3, 0.4) is 0 Å². The number of guanidine groups is 1. The molecule has 5 nitrogen and oxygen atoms in total. The largest absolute Gasteiger partial charge is 0.355 e. The Hall–Kier alpha value is -2.08. The monoisotopic (exact) mass is 356 g/mol. The van der Waals surface area contributed by atoms with Gasteiger partial charge in [-0.05, 0) is 35.2 Å². The number of benzene rings is 1. The highest BCUT2D eigenvalue weighted by Gasteiger charge is 2.42. The van der Waals surface area contributed by atoms with Crippen molar-refractivity contribution in [3.63, 3.8) is 0 Å². The number of likely N-dealkylation sites (tertiary alicyclic amines) is 1. The van der Waals surface area contributed by atoms with Crippen LogP contribution in [0.25, 0.3) is 10.1 Å². The van der Waals surface area contributed by atoms with E-state index in [0.29, 0.717) is 6.42 Å². The third-order valence-electron chi connectivity index (χ3n) is 5.37. The zero-order valence-corrected chi connectivity index (χ0v) is 15.4. The van der Waals surface area contributed by atoms with Gasteiger partial charge in [0.15, 0.2) is 5.96 Å². The van der Waals surface area contributed by atoms with Gasteiger partial charge < -0.3 is 15.5 Å². The minimum absolute atomic E-state index is 0.0853. The summed E-state index contributed by atoms with van der Waals surface area (Å²) < 4.78 is 1.32. The number of nitrogens with one attached hydrogen (secondary N) is 2. The topological polar surface area (TPSA) is 56.7 Å². The molecule has 2 fully saturated rings. The van der Waals surface area contributed by atoms with E-state index in [2.05, 4.69) is 50.2 Å². The van der Waals surface area contributed by atoms with Gasteiger partial charge in [0.25, 0.3) is 0 Å². The number of hydrogen-bond acceptors (Lipinski definition) is 3. The lowest BCUT2D eigenvalue weighted by molar-refractivity contribution is -0.119. The molecule has 0 radical (unpaired) electrons. The maximum Gasteiger partial charge on any atom is 0.220 e. The smallest absolute Gasteiger partial charge is 0.220 e. The fraction of sp³-hybridized carbons (Fsp3) is 0.474. The van der Waals surface area contributed by atoms with Gasteiger partial charge in [-0.25, -0.2) is 0 Å². The molecule has 4 rings (SSSR count). The van der Waals surface area contributed by atoms with Gasteiger partial charge >= 0.3 is 0 Å². The number of hydrogen-bond donors (Lipinski definition) is 2. The van der Waals surface area contributed by atoms with E-state index >= 15 is 0 Å². The molecule has 1 aromatic heterocycles. The van der Waals surface area contributed by atoms with Crippen LogP contribution in [0.1, 0.15) is 24.8 Å². The number of carbonyl (C=O) groups excluding carboxylic acids is 1. The molecule has 3 heterocycles. The second-order valence-corrected chi connectivity index (χ2v) is 8.05. The molecule has 1 amide bonds. The van der Waals surface area contributed by atoms with Gasteiger partial charge in [-0.2, -0.15) is 0 Å². The number of carbonyl (C=O) groups is 1. The maximum absolute atomic E-state index is 11.7. The molecule has 25 heavy (non-hydrogen) atoms. The molecular formula is C19H24N4OS. The molecule has 1 spiro atoms. The molecule has 2 N–H and O–H groups in total. The Labute approximate surface area is 152 Å². The minimum atomic E-state index is 0.0853. The van der Waals surface area contributed by atoms with Crippen molar-refractivity contribution in [1.29, 1.82) is 0 Å². The first-order valence-electron chi connectivity index (χ1n) is 8.87. The van der Waals surface area contributed by atoms with Gasteiger partial charge in [-0.3, -0.25) is 9.79 Å². The van der Waals surface area contributed by atoms with E-state index in [1.807, 2.05) is 7.05 Å². The number of piperidine rings is 1. The molecule has 6 heteroatoms. The Morgan fingerprint density at radius 2 is 2.32 bits per heavy atom. The van der Waals surface area contributed by atoms with Crippen LogP contribution in [0.2, 0.25) is 0 Å². The molecule has 132 valence electrons. The second-order valence-electron chi connectivity index (χ2n) is 7.14. The van der Waals surface area contributed by atoms with Gasteiger partial charge in [0.1, 0.15) is 0 Å². The zero-order valence-electron chi connectivity index (χ0n) is 14.5. The van der Waals surface area contributed by atoms with Crippen LogP contribution in [0, 0.1) is 5.41 Å². The van der Waals surface area contributed by atoms with Crippen molar-refractivity contribution in [2.24, 2.45) is 10.4 Å². The normalized spacial score (nSPS) is 24.1. The summed E-state index contributed by atoms with van der Waals surface area (Å²) in [5, 5.41) is 10.1. The van der Waals surface area contributed by atoms with E-state index in [0.717, 1.165) is 45.0 Å². The number of aliphatic imine (C=N–C) groups is 1. The molecule has 2 aromatic rings. The Bertz CT molecular complexity index is 815. The summed E-state index contributed by atoms with van der Waals surface area (Å²) in [5.41, 5.74) is 1.40. The van der Waals surface area contributed by atoms with Crippen LogP contribution in [-0.2, 0) is 11.3 Å². The molecule has 2 aliphatic rings. The van der Waals surface area contributed by atoms with E-state index in [9.17, 15) is 4.79 Å². The van der Waals surface area contributed by atoms with Crippen LogP contribution in [-0.4, -0.2) is 43.4 Å². The molecule has 1 unspecified atom stereocenters. The average Bonchev–Trinajstić information content (AvgIpc) is 3.20. The fourth-order valence-corrected chi connectivity index (χ4v) is 5.07. The van der Waals surface area contributed by atoms with Crippen molar-refractivity contribution in [1.82, 2.24) is 15.5 Å². The zero-order chi connectivity index (χ0) is 17.3. The van der Waals surface area contributed by atoms with Crippen molar-refractivity contribution >= 4 is 33.3 Å². The van der Waals surface area contributed by atoms with Crippen molar-refractivity contribution in [3.05, 3.63) is 35.2 Å². The van der Waals surface area contributed by atoms with E-state index in [1.54, 1.807) is 11.3 Å². The Kier molecular flexibility index (Phi) is 4.37. The molecule has 0 aliphatic carbocycles. The average molecular weight is 356 g/mol. The van der Waals surface area contributed by atoms with E-state index < -0.39 is 0 Å². The molecule has 0 saturated carbocycles. The van der Waals surface area contributed by atoms with E-state index in [1.165, 1.54) is 15.6 Å². The molecule has 2 saturated heterocycles. The molecule has 1 aromatic carbocycles. The first kappa shape index (κ1) is 16.4. The highest BCUT2D eigenvalue weighted by atomic mass is 32.1. The summed E-state index contributed by atoms with van der Waals surface area (Å²) in [7, 11) is 1.84. The van der Waals surface area contributed by atoms with Gasteiger partial charge in [-0.15, -0.1) is 11.3 Å². The lowest BCUT2D eigenvalue weighted by atomic mass is 9.79. The summed E-state index contributed by atoms with van der Waals surface area (Å²) in [6, 6.07) is 8.51. The summed E-state index contributed by atoms with van der Waals surface area (Å²) in [4.78, 5) is 18.5. The quantitative estimate of drug-likeness (QED) is 0.642. The second kappa shape index (κ2) is 6.67. The maximum atomic E-state index is 11.7. The predicted molar refractivity (Wildman–Crippen MR) is 103 cm³/mol. The lowest BCUT2D eigenvalue weighted by Gasteiger charge is -2.40. The highest BCUT2D eigenvalue weighted by Crippen LogP contribution is 2.36. The SMILES string of the molecule is CN=C(NCc1csc2ccccc12)N1CCCC2(CNC(=O)C2)C1. The first-order chi connectivity index (χ1) is 12.2. The standard InChI is InChI=1S/C19H24N4OS/c1-20-18(21-10-14-11-25-16-6-3-2-5-15(14)16)23-8-4-7-19(13-23)9-17(24)22-12-19/h2-3,5-6,11H,4,7-10,12-13H2,1H3,(H,20,21)(H,22,24). The highest BCUT2D eigenvalue weighted by molar-refractivity contribution is 7.17. The van der Waals surface area contributed by atoms with Crippen molar-refractivity contribution in [3.8, 4) is 0 Å². The summed E-state index contributed by atoms with van der Waals surface area (Å²) in [5.74, 6) is 1.13. The van der Waals surface area contributed by atoms with Gasteiger partial charge in [0.2, 0.25) is 5.91 Å². The Morgan fingerprint density at radius 3 is 3.12 bits per heavy atom. The van der Waals surface area contributed by atoms with Crippen LogP contribution in [0.4, 0.5) is 0 Å². The number of nitrogens with zero attached hydrogens (tertiary/aromatic N) is 2. The van der Waals surface area contributed by atoms with Crippen LogP contribution >= 0.6 is 11.3 Å². The molecule has 0 bridgehead atoms.